The van der Waals surface area contributed by atoms with Gasteiger partial charge in [0.2, 0.25) is 0 Å². The van der Waals surface area contributed by atoms with E-state index in [0.717, 1.165) is 22.4 Å². The molecule has 0 radical (unpaired) electrons. The Kier molecular flexibility index (Phi) is 8.75. The van der Waals surface area contributed by atoms with E-state index < -0.39 is 5.97 Å². The lowest BCUT2D eigenvalue weighted by atomic mass is 10.1. The van der Waals surface area contributed by atoms with E-state index in [0.29, 0.717) is 24.4 Å². The highest BCUT2D eigenvalue weighted by Crippen LogP contribution is 2.17. The monoisotopic (exact) mass is 406 g/mol. The normalized spacial score (nSPS) is 12.0. The Bertz CT molecular complexity index is 898. The number of nitrogens with two attached hydrogens (primary N) is 1. The molecule has 2 aromatic carbocycles. The zero-order chi connectivity index (χ0) is 21.9. The molecule has 158 valence electrons. The zero-order valence-corrected chi connectivity index (χ0v) is 17.6. The molecule has 0 bridgehead atoms. The number of hydrogen-bond donors (Lipinski definition) is 3. The molecule has 0 aliphatic carbocycles. The first kappa shape index (κ1) is 22.8. The van der Waals surface area contributed by atoms with Gasteiger partial charge in [0.15, 0.2) is 0 Å². The van der Waals surface area contributed by atoms with Crippen molar-refractivity contribution in [1.82, 2.24) is 0 Å². The maximum atomic E-state index is 10.7. The Morgan fingerprint density at radius 3 is 2.40 bits per heavy atom. The lowest BCUT2D eigenvalue weighted by Crippen LogP contribution is -2.11. The van der Waals surface area contributed by atoms with Crippen molar-refractivity contribution in [2.45, 2.75) is 32.8 Å². The second-order valence-electron chi connectivity index (χ2n) is 7.21. The second kappa shape index (κ2) is 11.5. The van der Waals surface area contributed by atoms with Crippen molar-refractivity contribution in [2.24, 2.45) is 5.73 Å². The van der Waals surface area contributed by atoms with Gasteiger partial charge in [-0.25, -0.2) is 0 Å². The van der Waals surface area contributed by atoms with Gasteiger partial charge < -0.3 is 20.9 Å². The molecule has 0 spiro atoms. The maximum Gasteiger partial charge on any atom is 0.303 e. The van der Waals surface area contributed by atoms with Gasteiger partial charge in [-0.05, 0) is 49.6 Å². The number of carboxylic acid groups (broad SMARTS) is 1. The first-order valence-electron chi connectivity index (χ1n) is 9.97. The number of aliphatic carboxylic acids is 1. The Morgan fingerprint density at radius 1 is 1.13 bits per heavy atom. The Hall–Kier alpha value is -3.47. The predicted molar refractivity (Wildman–Crippen MR) is 123 cm³/mol. The van der Waals surface area contributed by atoms with Gasteiger partial charge in [0.25, 0.3) is 0 Å². The molecule has 2 rings (SSSR count). The van der Waals surface area contributed by atoms with Crippen LogP contribution in [-0.2, 0) is 16.0 Å². The molecule has 2 aromatic rings. The number of aryl methyl sites for hydroxylation is 1. The van der Waals surface area contributed by atoms with E-state index >= 15 is 0 Å². The molecule has 0 aliphatic heterocycles. The van der Waals surface area contributed by atoms with Crippen molar-refractivity contribution in [1.29, 1.82) is 0 Å². The van der Waals surface area contributed by atoms with Gasteiger partial charge in [0, 0.05) is 29.9 Å². The molecule has 0 heterocycles. The molecular weight excluding hydrogens is 376 g/mol. The number of hydrogen-bond acceptors (Lipinski definition) is 4. The summed E-state index contributed by atoms with van der Waals surface area (Å²) in [6.45, 7) is 8.49. The first-order valence-corrected chi connectivity index (χ1v) is 9.97. The number of ether oxygens (including phenoxy) is 1. The van der Waals surface area contributed by atoms with Crippen LogP contribution in [0.1, 0.15) is 31.4 Å². The van der Waals surface area contributed by atoms with Crippen LogP contribution < -0.4 is 11.1 Å². The van der Waals surface area contributed by atoms with E-state index in [1.54, 1.807) is 0 Å². The molecule has 0 unspecified atom stereocenters. The van der Waals surface area contributed by atoms with Gasteiger partial charge in [0.05, 0.1) is 6.10 Å². The van der Waals surface area contributed by atoms with E-state index in [-0.39, 0.29) is 12.5 Å². The molecule has 0 amide bonds. The molecule has 0 saturated carbocycles. The molecule has 0 atom stereocenters. The van der Waals surface area contributed by atoms with Crippen molar-refractivity contribution in [3.63, 3.8) is 0 Å². The summed E-state index contributed by atoms with van der Waals surface area (Å²) in [7, 11) is 0. The topological polar surface area (TPSA) is 84.6 Å². The van der Waals surface area contributed by atoms with Gasteiger partial charge in [-0.3, -0.25) is 4.79 Å². The van der Waals surface area contributed by atoms with Crippen molar-refractivity contribution in [2.75, 3.05) is 11.9 Å². The van der Waals surface area contributed by atoms with Crippen LogP contribution in [0.3, 0.4) is 0 Å². The number of nitrogens with one attached hydrogen (secondary N) is 1. The average Bonchev–Trinajstić information content (AvgIpc) is 2.72. The molecule has 0 aromatic heterocycles. The molecule has 0 saturated heterocycles. The van der Waals surface area contributed by atoms with Crippen LogP contribution in [0.5, 0.6) is 0 Å². The minimum absolute atomic E-state index is 0.0184. The van der Waals surface area contributed by atoms with Crippen LogP contribution in [0.2, 0.25) is 0 Å². The number of anilines is 1. The third-order valence-electron chi connectivity index (χ3n) is 4.37. The fourth-order valence-electron chi connectivity index (χ4n) is 2.77. The van der Waals surface area contributed by atoms with Gasteiger partial charge in [0.1, 0.15) is 5.76 Å². The molecule has 0 aliphatic rings. The first-order chi connectivity index (χ1) is 14.3. The average molecular weight is 407 g/mol. The molecule has 4 N–H and O–H groups in total. The summed E-state index contributed by atoms with van der Waals surface area (Å²) < 4.78 is 5.78. The van der Waals surface area contributed by atoms with Crippen molar-refractivity contribution >= 4 is 17.4 Å². The van der Waals surface area contributed by atoms with Gasteiger partial charge in [-0.15, -0.1) is 0 Å². The standard InChI is InChI=1S/C25H30N2O3/c1-18(2)30-19(3)22(12-15-24(26)21-7-5-4-6-8-21)17-27-23-13-9-20(10-14-23)11-16-25(28)29/h4-10,12-15,18,27H,3,11,16-17,26H2,1-2H3,(H,28,29)/b22-12-,24-15-. The summed E-state index contributed by atoms with van der Waals surface area (Å²) in [5.41, 5.74) is 10.6. The highest BCUT2D eigenvalue weighted by Gasteiger charge is 2.07. The fourth-order valence-corrected chi connectivity index (χ4v) is 2.77. The Labute approximate surface area is 178 Å². The van der Waals surface area contributed by atoms with E-state index in [9.17, 15) is 4.79 Å². The molecule has 5 heteroatoms. The van der Waals surface area contributed by atoms with E-state index in [4.69, 9.17) is 15.6 Å². The number of carbonyl (C=O) groups is 1. The SMILES string of the molecule is C=C(OC(C)C)/C(=C\C=C(/N)c1ccccc1)CNc1ccc(CCC(=O)O)cc1. The van der Waals surface area contributed by atoms with Crippen LogP contribution in [0, 0.1) is 0 Å². The van der Waals surface area contributed by atoms with Gasteiger partial charge >= 0.3 is 5.97 Å². The van der Waals surface area contributed by atoms with Crippen molar-refractivity contribution in [3.8, 4) is 0 Å². The predicted octanol–water partition coefficient (Wildman–Crippen LogP) is 4.98. The zero-order valence-electron chi connectivity index (χ0n) is 17.6. The van der Waals surface area contributed by atoms with Crippen LogP contribution in [0.25, 0.3) is 5.70 Å². The van der Waals surface area contributed by atoms with Crippen molar-refractivity contribution < 1.29 is 14.6 Å². The quantitative estimate of drug-likeness (QED) is 0.362. The summed E-state index contributed by atoms with van der Waals surface area (Å²) in [4.78, 5) is 10.7. The number of carboxylic acids is 1. The summed E-state index contributed by atoms with van der Waals surface area (Å²) in [6, 6.07) is 17.5. The van der Waals surface area contributed by atoms with E-state index in [1.807, 2.05) is 80.6 Å². The highest BCUT2D eigenvalue weighted by atomic mass is 16.5. The van der Waals surface area contributed by atoms with Crippen LogP contribution in [0.15, 0.2) is 84.7 Å². The highest BCUT2D eigenvalue weighted by molar-refractivity contribution is 5.67. The van der Waals surface area contributed by atoms with E-state index in [2.05, 4.69) is 11.9 Å². The Morgan fingerprint density at radius 2 is 1.80 bits per heavy atom. The maximum absolute atomic E-state index is 10.7. The van der Waals surface area contributed by atoms with Crippen LogP contribution in [-0.4, -0.2) is 23.7 Å². The molecule has 0 fully saturated rings. The summed E-state index contributed by atoms with van der Waals surface area (Å²) in [6.07, 6.45) is 4.44. The third kappa shape index (κ3) is 7.87. The summed E-state index contributed by atoms with van der Waals surface area (Å²) in [5, 5.41) is 12.2. The molecule has 30 heavy (non-hydrogen) atoms. The lowest BCUT2D eigenvalue weighted by molar-refractivity contribution is -0.136. The van der Waals surface area contributed by atoms with Crippen molar-refractivity contribution in [3.05, 3.63) is 95.8 Å². The van der Waals surface area contributed by atoms with Crippen LogP contribution >= 0.6 is 0 Å². The van der Waals surface area contributed by atoms with Gasteiger partial charge in [-0.1, -0.05) is 55.1 Å². The van der Waals surface area contributed by atoms with E-state index in [1.165, 1.54) is 0 Å². The van der Waals surface area contributed by atoms with Gasteiger partial charge in [-0.2, -0.15) is 0 Å². The third-order valence-corrected chi connectivity index (χ3v) is 4.37. The Balaban J connectivity index is 2.10. The number of benzene rings is 2. The second-order valence-corrected chi connectivity index (χ2v) is 7.21. The van der Waals surface area contributed by atoms with Crippen LogP contribution in [0.4, 0.5) is 5.69 Å². The smallest absolute Gasteiger partial charge is 0.303 e. The summed E-state index contributed by atoms with van der Waals surface area (Å²) >= 11 is 0. The minimum Gasteiger partial charge on any atom is -0.491 e. The number of rotatable bonds is 11. The largest absolute Gasteiger partial charge is 0.491 e. The molecular formula is C25H30N2O3. The fraction of sp³-hybridized carbons (Fsp3) is 0.240. The minimum atomic E-state index is -0.793. The number of allylic oxidation sites excluding steroid dienone is 2. The lowest BCUT2D eigenvalue weighted by Gasteiger charge is -2.16. The summed E-state index contributed by atoms with van der Waals surface area (Å²) in [5.74, 6) is -0.203. The molecule has 5 nitrogen and oxygen atoms in total.